The second-order valence-corrected chi connectivity index (χ2v) is 5.99. The van der Waals surface area contributed by atoms with Crippen molar-refractivity contribution < 1.29 is 22.7 Å². The number of benzene rings is 1. The average Bonchev–Trinajstić information content (AvgIpc) is 2.27. The van der Waals surface area contributed by atoms with Gasteiger partial charge < -0.3 is 5.11 Å². The number of rotatable bonds is 6. The molecule has 0 bridgehead atoms. The molecule has 1 aromatic rings. The molecule has 0 fully saturated rings. The molecule has 5 nitrogen and oxygen atoms in total. The van der Waals surface area contributed by atoms with Gasteiger partial charge >= 0.3 is 5.97 Å². The lowest BCUT2D eigenvalue weighted by Crippen LogP contribution is -2.40. The minimum Gasteiger partial charge on any atom is -0.480 e. The lowest BCUT2D eigenvalue weighted by molar-refractivity contribution is -0.139. The molecule has 0 saturated heterocycles. The maximum atomic E-state index is 13.5. The van der Waals surface area contributed by atoms with Gasteiger partial charge in [0.1, 0.15) is 16.8 Å². The minimum atomic E-state index is -4.24. The van der Waals surface area contributed by atoms with Crippen LogP contribution in [-0.4, -0.2) is 25.5 Å². The first-order valence-electron chi connectivity index (χ1n) is 5.48. The number of carbonyl (C=O) groups is 1. The number of aliphatic carboxylic acids is 1. The number of carboxylic acid groups (broad SMARTS) is 1. The van der Waals surface area contributed by atoms with E-state index in [1.54, 1.807) is 6.92 Å². The van der Waals surface area contributed by atoms with Gasteiger partial charge in [0.15, 0.2) is 0 Å². The Morgan fingerprint density at radius 3 is 2.63 bits per heavy atom. The molecule has 0 unspecified atom stereocenters. The van der Waals surface area contributed by atoms with Gasteiger partial charge in [-0.05, 0) is 24.6 Å². The van der Waals surface area contributed by atoms with Gasteiger partial charge in [-0.2, -0.15) is 4.72 Å². The van der Waals surface area contributed by atoms with E-state index in [4.69, 9.17) is 16.7 Å². The Hall–Kier alpha value is -1.18. The summed E-state index contributed by atoms with van der Waals surface area (Å²) in [6.07, 6.45) is 0.590. The zero-order valence-electron chi connectivity index (χ0n) is 10.1. The number of sulfonamides is 1. The van der Waals surface area contributed by atoms with Crippen molar-refractivity contribution in [2.75, 3.05) is 0 Å². The van der Waals surface area contributed by atoms with Gasteiger partial charge in [0.05, 0.1) is 0 Å². The summed E-state index contributed by atoms with van der Waals surface area (Å²) in [5.41, 5.74) is 0. The summed E-state index contributed by atoms with van der Waals surface area (Å²) in [6.45, 7) is 1.72. The zero-order chi connectivity index (χ0) is 14.6. The maximum Gasteiger partial charge on any atom is 0.321 e. The summed E-state index contributed by atoms with van der Waals surface area (Å²) in [5, 5.41) is 8.94. The molecule has 1 aromatic carbocycles. The van der Waals surface area contributed by atoms with Crippen LogP contribution >= 0.6 is 11.6 Å². The molecule has 0 aliphatic heterocycles. The molecule has 0 aromatic heterocycles. The lowest BCUT2D eigenvalue weighted by atomic mass is 10.2. The van der Waals surface area contributed by atoms with E-state index in [1.807, 2.05) is 4.72 Å². The summed E-state index contributed by atoms with van der Waals surface area (Å²) in [7, 11) is -4.24. The number of carboxylic acids is 1. The van der Waals surface area contributed by atoms with Crippen molar-refractivity contribution in [2.24, 2.45) is 0 Å². The van der Waals surface area contributed by atoms with Gasteiger partial charge in [0.25, 0.3) is 0 Å². The van der Waals surface area contributed by atoms with Crippen molar-refractivity contribution in [3.63, 3.8) is 0 Å². The van der Waals surface area contributed by atoms with Crippen molar-refractivity contribution in [1.29, 1.82) is 0 Å². The molecule has 106 valence electrons. The average molecular weight is 310 g/mol. The first-order chi connectivity index (χ1) is 8.77. The zero-order valence-corrected chi connectivity index (χ0v) is 11.6. The Kier molecular flexibility index (Phi) is 5.28. The van der Waals surface area contributed by atoms with Crippen molar-refractivity contribution in [3.8, 4) is 0 Å². The van der Waals surface area contributed by atoms with Gasteiger partial charge in [-0.25, -0.2) is 12.8 Å². The third kappa shape index (κ3) is 4.15. The fourth-order valence-electron chi connectivity index (χ4n) is 1.47. The fourth-order valence-corrected chi connectivity index (χ4v) is 2.91. The quantitative estimate of drug-likeness (QED) is 0.842. The second-order valence-electron chi connectivity index (χ2n) is 3.88. The molecule has 2 N–H and O–H groups in total. The van der Waals surface area contributed by atoms with Crippen LogP contribution in [0.25, 0.3) is 0 Å². The van der Waals surface area contributed by atoms with Crippen molar-refractivity contribution >= 4 is 27.6 Å². The van der Waals surface area contributed by atoms with Crippen LogP contribution in [-0.2, 0) is 14.8 Å². The van der Waals surface area contributed by atoms with E-state index in [-0.39, 0.29) is 11.4 Å². The van der Waals surface area contributed by atoms with E-state index in [0.29, 0.717) is 6.42 Å². The van der Waals surface area contributed by atoms with Crippen LogP contribution in [0.15, 0.2) is 23.1 Å². The van der Waals surface area contributed by atoms with E-state index in [9.17, 15) is 17.6 Å². The van der Waals surface area contributed by atoms with Crippen LogP contribution < -0.4 is 4.72 Å². The topological polar surface area (TPSA) is 83.5 Å². The summed E-state index contributed by atoms with van der Waals surface area (Å²) < 4.78 is 39.3. The van der Waals surface area contributed by atoms with Crippen LogP contribution in [0.4, 0.5) is 4.39 Å². The SMILES string of the molecule is CCC[C@H](NS(=O)(=O)c1ccc(Cl)cc1F)C(=O)O. The monoisotopic (exact) mass is 309 g/mol. The fraction of sp³-hybridized carbons (Fsp3) is 0.364. The van der Waals surface area contributed by atoms with Crippen molar-refractivity contribution in [1.82, 2.24) is 4.72 Å². The normalized spacial score (nSPS) is 13.2. The highest BCUT2D eigenvalue weighted by Crippen LogP contribution is 2.19. The maximum absolute atomic E-state index is 13.5. The number of halogens is 2. The van der Waals surface area contributed by atoms with Crippen LogP contribution in [0, 0.1) is 5.82 Å². The lowest BCUT2D eigenvalue weighted by Gasteiger charge is -2.14. The molecule has 0 spiro atoms. The third-order valence-corrected chi connectivity index (χ3v) is 4.10. The minimum absolute atomic E-state index is 0.0554. The molecule has 0 heterocycles. The molecule has 8 heteroatoms. The molecule has 0 aliphatic rings. The molecule has 19 heavy (non-hydrogen) atoms. The van der Waals surface area contributed by atoms with E-state index in [2.05, 4.69) is 0 Å². The smallest absolute Gasteiger partial charge is 0.321 e. The Bertz CT molecular complexity index is 576. The highest BCUT2D eigenvalue weighted by Gasteiger charge is 2.26. The largest absolute Gasteiger partial charge is 0.480 e. The Morgan fingerprint density at radius 1 is 1.53 bits per heavy atom. The standard InChI is InChI=1S/C11H13ClFNO4S/c1-2-3-9(11(15)16)14-19(17,18)10-5-4-7(12)6-8(10)13/h4-6,9,14H,2-3H2,1H3,(H,15,16)/t9-/m0/s1. The Balaban J connectivity index is 3.06. The predicted molar refractivity (Wildman–Crippen MR) is 68.1 cm³/mol. The predicted octanol–water partition coefficient (Wildman–Crippen LogP) is 2.01. The van der Waals surface area contributed by atoms with Gasteiger partial charge in [-0.1, -0.05) is 24.9 Å². The van der Waals surface area contributed by atoms with Crippen molar-refractivity contribution in [2.45, 2.75) is 30.7 Å². The first kappa shape index (κ1) is 15.9. The summed E-state index contributed by atoms with van der Waals surface area (Å²) in [6, 6.07) is 1.77. The van der Waals surface area contributed by atoms with Gasteiger partial charge in [0, 0.05) is 5.02 Å². The van der Waals surface area contributed by atoms with Crippen LogP contribution in [0.5, 0.6) is 0 Å². The second kappa shape index (κ2) is 6.31. The van der Waals surface area contributed by atoms with Gasteiger partial charge in [-0.15, -0.1) is 0 Å². The number of nitrogens with one attached hydrogen (secondary N) is 1. The van der Waals surface area contributed by atoms with Crippen LogP contribution in [0.2, 0.25) is 5.02 Å². The molecule has 0 saturated carbocycles. The van der Waals surface area contributed by atoms with Gasteiger partial charge in [0.2, 0.25) is 10.0 Å². The number of hydrogen-bond acceptors (Lipinski definition) is 3. The molecule has 1 rings (SSSR count). The third-order valence-electron chi connectivity index (χ3n) is 2.36. The molecule has 0 aliphatic carbocycles. The van der Waals surface area contributed by atoms with E-state index in [1.165, 1.54) is 6.07 Å². The molecule has 0 amide bonds. The summed E-state index contributed by atoms with van der Waals surface area (Å²) in [4.78, 5) is 10.3. The molecular weight excluding hydrogens is 297 g/mol. The highest BCUT2D eigenvalue weighted by atomic mass is 35.5. The molecule has 1 atom stereocenters. The van der Waals surface area contributed by atoms with Crippen LogP contribution in [0.1, 0.15) is 19.8 Å². The van der Waals surface area contributed by atoms with E-state index in [0.717, 1.165) is 12.1 Å². The summed E-state index contributed by atoms with van der Waals surface area (Å²) >= 11 is 5.52. The highest BCUT2D eigenvalue weighted by molar-refractivity contribution is 7.89. The number of hydrogen-bond donors (Lipinski definition) is 2. The Morgan fingerprint density at radius 2 is 2.16 bits per heavy atom. The van der Waals surface area contributed by atoms with Crippen LogP contribution in [0.3, 0.4) is 0 Å². The Labute approximate surface area is 115 Å². The van der Waals surface area contributed by atoms with Crippen molar-refractivity contribution in [3.05, 3.63) is 29.0 Å². The molecule has 0 radical (unpaired) electrons. The summed E-state index contributed by atoms with van der Waals surface area (Å²) in [5.74, 6) is -2.33. The van der Waals surface area contributed by atoms with E-state index >= 15 is 0 Å². The van der Waals surface area contributed by atoms with Gasteiger partial charge in [-0.3, -0.25) is 4.79 Å². The van der Waals surface area contributed by atoms with E-state index < -0.39 is 32.7 Å². The molecular formula is C11H13ClFNO4S. The first-order valence-corrected chi connectivity index (χ1v) is 7.34.